The Bertz CT molecular complexity index is 345. The Labute approximate surface area is 85.5 Å². The molecule has 0 amide bonds. The number of allylic oxidation sites excluding steroid dienone is 4. The van der Waals surface area contributed by atoms with E-state index < -0.39 is 0 Å². The standard InChI is InChI=1S/C13H15N/c1-12(8-6-7-11-14-2)13-9-4-3-5-10-13/h3-11H,1-2H3/b7-6-,12-8+,14-11+. The predicted octanol–water partition coefficient (Wildman–Crippen LogP) is 3.35. The van der Waals surface area contributed by atoms with Crippen molar-refractivity contribution in [1.29, 1.82) is 0 Å². The summed E-state index contributed by atoms with van der Waals surface area (Å²) in [5.41, 5.74) is 2.51. The Morgan fingerprint density at radius 1 is 1.14 bits per heavy atom. The van der Waals surface area contributed by atoms with Gasteiger partial charge in [-0.1, -0.05) is 42.5 Å². The van der Waals surface area contributed by atoms with Crippen molar-refractivity contribution in [3.05, 3.63) is 54.1 Å². The Morgan fingerprint density at radius 3 is 2.50 bits per heavy atom. The number of hydrogen-bond acceptors (Lipinski definition) is 1. The van der Waals surface area contributed by atoms with Crippen LogP contribution in [0.15, 0.2) is 53.6 Å². The lowest BCUT2D eigenvalue weighted by Gasteiger charge is -1.97. The molecule has 1 aromatic carbocycles. The Balaban J connectivity index is 2.70. The minimum absolute atomic E-state index is 1.26. The number of aliphatic imine (C=N–C) groups is 1. The third-order valence-electron chi connectivity index (χ3n) is 1.92. The number of benzene rings is 1. The largest absolute Gasteiger partial charge is 0.297 e. The van der Waals surface area contributed by atoms with Gasteiger partial charge in [0.25, 0.3) is 0 Å². The lowest BCUT2D eigenvalue weighted by atomic mass is 10.1. The van der Waals surface area contributed by atoms with Gasteiger partial charge in [-0.15, -0.1) is 0 Å². The maximum atomic E-state index is 3.86. The molecule has 0 radical (unpaired) electrons. The fourth-order valence-corrected chi connectivity index (χ4v) is 1.13. The maximum absolute atomic E-state index is 3.86. The molecule has 0 atom stereocenters. The van der Waals surface area contributed by atoms with Crippen LogP contribution >= 0.6 is 0 Å². The topological polar surface area (TPSA) is 12.4 Å². The molecule has 0 fully saturated rings. The molecular formula is C13H15N. The molecule has 0 spiro atoms. The normalized spacial score (nSPS) is 12.9. The first-order valence-electron chi connectivity index (χ1n) is 4.65. The minimum Gasteiger partial charge on any atom is -0.297 e. The molecule has 1 heteroatoms. The van der Waals surface area contributed by atoms with Gasteiger partial charge in [-0.3, -0.25) is 4.99 Å². The Morgan fingerprint density at radius 2 is 1.86 bits per heavy atom. The molecule has 0 saturated heterocycles. The molecule has 0 unspecified atom stereocenters. The van der Waals surface area contributed by atoms with Crippen molar-refractivity contribution < 1.29 is 0 Å². The van der Waals surface area contributed by atoms with Crippen LogP contribution in [0.1, 0.15) is 12.5 Å². The smallest absolute Gasteiger partial charge is 0.0277 e. The first-order valence-corrected chi connectivity index (χ1v) is 4.65. The molecule has 0 aliphatic carbocycles. The molecule has 0 aromatic heterocycles. The molecule has 14 heavy (non-hydrogen) atoms. The lowest BCUT2D eigenvalue weighted by molar-refractivity contribution is 1.48. The van der Waals surface area contributed by atoms with Crippen molar-refractivity contribution >= 4 is 11.8 Å². The zero-order chi connectivity index (χ0) is 10.2. The third-order valence-corrected chi connectivity index (χ3v) is 1.92. The van der Waals surface area contributed by atoms with Crippen molar-refractivity contribution in [2.45, 2.75) is 6.92 Å². The first-order chi connectivity index (χ1) is 6.84. The van der Waals surface area contributed by atoms with Crippen LogP contribution in [0.4, 0.5) is 0 Å². The van der Waals surface area contributed by atoms with Crippen LogP contribution < -0.4 is 0 Å². The Hall–Kier alpha value is -1.63. The highest BCUT2D eigenvalue weighted by atomic mass is 14.6. The average Bonchev–Trinajstić information content (AvgIpc) is 2.25. The van der Waals surface area contributed by atoms with E-state index in [1.807, 2.05) is 30.4 Å². The summed E-state index contributed by atoms with van der Waals surface area (Å²) in [4.78, 5) is 3.86. The van der Waals surface area contributed by atoms with Crippen LogP contribution in [0.2, 0.25) is 0 Å². The van der Waals surface area contributed by atoms with E-state index in [2.05, 4.69) is 30.1 Å². The summed E-state index contributed by atoms with van der Waals surface area (Å²) < 4.78 is 0. The molecule has 0 heterocycles. The van der Waals surface area contributed by atoms with Gasteiger partial charge in [0.15, 0.2) is 0 Å². The highest BCUT2D eigenvalue weighted by Crippen LogP contribution is 2.12. The van der Waals surface area contributed by atoms with Gasteiger partial charge in [-0.05, 0) is 24.1 Å². The number of nitrogens with zero attached hydrogens (tertiary/aromatic N) is 1. The molecule has 72 valence electrons. The second kappa shape index (κ2) is 5.92. The van der Waals surface area contributed by atoms with E-state index in [4.69, 9.17) is 0 Å². The van der Waals surface area contributed by atoms with Crippen molar-refractivity contribution in [3.63, 3.8) is 0 Å². The average molecular weight is 185 g/mol. The van der Waals surface area contributed by atoms with Gasteiger partial charge in [0.2, 0.25) is 0 Å². The van der Waals surface area contributed by atoms with Gasteiger partial charge in [0.05, 0.1) is 0 Å². The molecule has 0 N–H and O–H groups in total. The summed E-state index contributed by atoms with van der Waals surface area (Å²) in [7, 11) is 1.76. The molecular weight excluding hydrogens is 170 g/mol. The van der Waals surface area contributed by atoms with Crippen LogP contribution in [0.3, 0.4) is 0 Å². The van der Waals surface area contributed by atoms with Crippen LogP contribution in [0, 0.1) is 0 Å². The van der Waals surface area contributed by atoms with Crippen molar-refractivity contribution in [1.82, 2.24) is 0 Å². The van der Waals surface area contributed by atoms with Gasteiger partial charge in [0, 0.05) is 13.3 Å². The lowest BCUT2D eigenvalue weighted by Crippen LogP contribution is -1.76. The van der Waals surface area contributed by atoms with E-state index in [1.54, 1.807) is 13.3 Å². The Kier molecular flexibility index (Phi) is 4.42. The molecule has 1 aromatic rings. The van der Waals surface area contributed by atoms with Gasteiger partial charge >= 0.3 is 0 Å². The third kappa shape index (κ3) is 3.40. The van der Waals surface area contributed by atoms with Gasteiger partial charge in [-0.25, -0.2) is 0 Å². The van der Waals surface area contributed by atoms with E-state index in [0.717, 1.165) is 0 Å². The van der Waals surface area contributed by atoms with Gasteiger partial charge in [-0.2, -0.15) is 0 Å². The zero-order valence-corrected chi connectivity index (χ0v) is 8.64. The fourth-order valence-electron chi connectivity index (χ4n) is 1.13. The molecule has 0 bridgehead atoms. The monoisotopic (exact) mass is 185 g/mol. The number of rotatable bonds is 3. The number of hydrogen-bond donors (Lipinski definition) is 0. The molecule has 0 aliphatic rings. The zero-order valence-electron chi connectivity index (χ0n) is 8.64. The van der Waals surface area contributed by atoms with E-state index in [1.165, 1.54) is 11.1 Å². The van der Waals surface area contributed by atoms with E-state index >= 15 is 0 Å². The summed E-state index contributed by atoms with van der Waals surface area (Å²) in [6, 6.07) is 10.3. The second-order valence-electron chi connectivity index (χ2n) is 3.01. The van der Waals surface area contributed by atoms with Crippen LogP contribution in [0.5, 0.6) is 0 Å². The highest BCUT2D eigenvalue weighted by molar-refractivity contribution is 5.73. The van der Waals surface area contributed by atoms with Crippen LogP contribution in [-0.2, 0) is 0 Å². The molecule has 1 nitrogen and oxygen atoms in total. The summed E-state index contributed by atoms with van der Waals surface area (Å²) in [5.74, 6) is 0. The van der Waals surface area contributed by atoms with Crippen molar-refractivity contribution in [3.8, 4) is 0 Å². The SMILES string of the molecule is C/N=C/C=C\C=C(/C)c1ccccc1. The van der Waals surface area contributed by atoms with Gasteiger partial charge < -0.3 is 0 Å². The van der Waals surface area contributed by atoms with Crippen molar-refractivity contribution in [2.75, 3.05) is 7.05 Å². The summed E-state index contributed by atoms with van der Waals surface area (Å²) in [6.07, 6.45) is 7.77. The molecule has 1 rings (SSSR count). The summed E-state index contributed by atoms with van der Waals surface area (Å²) in [5, 5.41) is 0. The summed E-state index contributed by atoms with van der Waals surface area (Å²) in [6.45, 7) is 2.10. The maximum Gasteiger partial charge on any atom is 0.0277 e. The van der Waals surface area contributed by atoms with E-state index in [9.17, 15) is 0 Å². The first kappa shape index (κ1) is 10.5. The molecule has 0 saturated carbocycles. The fraction of sp³-hybridized carbons (Fsp3) is 0.154. The van der Waals surface area contributed by atoms with Crippen LogP contribution in [-0.4, -0.2) is 13.3 Å². The highest BCUT2D eigenvalue weighted by Gasteiger charge is 1.89. The van der Waals surface area contributed by atoms with E-state index in [-0.39, 0.29) is 0 Å². The quantitative estimate of drug-likeness (QED) is 0.506. The predicted molar refractivity (Wildman–Crippen MR) is 63.6 cm³/mol. The second-order valence-corrected chi connectivity index (χ2v) is 3.01. The molecule has 0 aliphatic heterocycles. The van der Waals surface area contributed by atoms with Gasteiger partial charge in [0.1, 0.15) is 0 Å². The van der Waals surface area contributed by atoms with Crippen molar-refractivity contribution in [2.24, 2.45) is 4.99 Å². The minimum atomic E-state index is 1.26. The van der Waals surface area contributed by atoms with Crippen LogP contribution in [0.25, 0.3) is 5.57 Å². The van der Waals surface area contributed by atoms with E-state index in [0.29, 0.717) is 0 Å². The summed E-state index contributed by atoms with van der Waals surface area (Å²) >= 11 is 0.